The minimum absolute atomic E-state index is 0.129. The standard InChI is InChI=1S/C28H27F3N6O4S/c1-42(40,41)23-22(17-11-18-8-9-19(12-17)36(18)27(39)24(38)28(29,30)31)35-26-20(14-34-37(26)25(23)32)16-7-10-21(33-13-16)15-5-3-2-4-6-15/h2-7,10,13-14,17-19,24,38H,8-9,11-12,32H2,1H3/t17?,18-,19?,24?/m0/s1. The first-order valence-corrected chi connectivity index (χ1v) is 15.2. The van der Waals surface area contributed by atoms with Crippen LogP contribution >= 0.6 is 0 Å². The van der Waals surface area contributed by atoms with Gasteiger partial charge in [-0.1, -0.05) is 36.4 Å². The topological polar surface area (TPSA) is 144 Å². The highest BCUT2D eigenvalue weighted by Gasteiger charge is 2.52. The van der Waals surface area contributed by atoms with Crippen molar-refractivity contribution in [3.05, 3.63) is 60.6 Å². The molecular formula is C28H27F3N6O4S. The number of anilines is 1. The molecule has 220 valence electrons. The smallest absolute Gasteiger partial charge is 0.382 e. The van der Waals surface area contributed by atoms with E-state index in [-0.39, 0.29) is 29.2 Å². The summed E-state index contributed by atoms with van der Waals surface area (Å²) in [5.74, 6) is -2.02. The number of aromatic nitrogens is 4. The summed E-state index contributed by atoms with van der Waals surface area (Å²) in [6, 6.07) is 12.1. The lowest BCUT2D eigenvalue weighted by Crippen LogP contribution is -2.53. The number of fused-ring (bicyclic) bond motifs is 3. The predicted molar refractivity (Wildman–Crippen MR) is 147 cm³/mol. The maximum Gasteiger partial charge on any atom is 0.423 e. The highest BCUT2D eigenvalue weighted by molar-refractivity contribution is 7.91. The molecule has 0 aliphatic carbocycles. The summed E-state index contributed by atoms with van der Waals surface area (Å²) in [5, 5.41) is 13.9. The van der Waals surface area contributed by atoms with Crippen LogP contribution in [0.4, 0.5) is 19.0 Å². The number of hydrogen-bond acceptors (Lipinski definition) is 8. The Morgan fingerprint density at radius 2 is 1.71 bits per heavy atom. The summed E-state index contributed by atoms with van der Waals surface area (Å²) in [4.78, 5) is 22.8. The van der Waals surface area contributed by atoms with Gasteiger partial charge in [-0.05, 0) is 31.7 Å². The van der Waals surface area contributed by atoms with Crippen LogP contribution in [0.2, 0.25) is 0 Å². The number of nitrogens with two attached hydrogens (primary N) is 1. The Balaban J connectivity index is 1.39. The van der Waals surface area contributed by atoms with Crippen molar-refractivity contribution in [2.75, 3.05) is 12.0 Å². The second-order valence-electron chi connectivity index (χ2n) is 10.8. The molecule has 0 radical (unpaired) electrons. The van der Waals surface area contributed by atoms with E-state index < -0.39 is 46.0 Å². The molecule has 2 aliphatic rings. The summed E-state index contributed by atoms with van der Waals surface area (Å²) in [7, 11) is -3.90. The Morgan fingerprint density at radius 1 is 1.05 bits per heavy atom. The lowest BCUT2D eigenvalue weighted by atomic mass is 9.87. The molecule has 1 aromatic carbocycles. The van der Waals surface area contributed by atoms with Crippen LogP contribution in [0.5, 0.6) is 0 Å². The van der Waals surface area contributed by atoms with Gasteiger partial charge in [0.2, 0.25) is 6.10 Å². The van der Waals surface area contributed by atoms with E-state index >= 15 is 0 Å². The highest BCUT2D eigenvalue weighted by Crippen LogP contribution is 2.46. The molecule has 3 N–H and O–H groups in total. The van der Waals surface area contributed by atoms with E-state index in [1.807, 2.05) is 42.5 Å². The van der Waals surface area contributed by atoms with Gasteiger partial charge in [-0.2, -0.15) is 22.8 Å². The number of amides is 1. The van der Waals surface area contributed by atoms with Gasteiger partial charge in [0.1, 0.15) is 10.7 Å². The normalized spacial score (nSPS) is 21.5. The van der Waals surface area contributed by atoms with Crippen LogP contribution in [-0.4, -0.2) is 74.5 Å². The van der Waals surface area contributed by atoms with Gasteiger partial charge >= 0.3 is 6.18 Å². The average molecular weight is 601 g/mol. The fourth-order valence-electron chi connectivity index (χ4n) is 6.25. The minimum Gasteiger partial charge on any atom is -0.382 e. The number of nitrogen functional groups attached to an aromatic ring is 1. The van der Waals surface area contributed by atoms with E-state index in [9.17, 15) is 31.5 Å². The molecule has 3 aromatic heterocycles. The molecule has 2 fully saturated rings. The molecule has 2 aliphatic heterocycles. The van der Waals surface area contributed by atoms with Crippen molar-refractivity contribution >= 4 is 27.2 Å². The third-order valence-corrected chi connectivity index (χ3v) is 9.26. The number of aliphatic hydroxyl groups excluding tert-OH is 1. The molecule has 4 aromatic rings. The lowest BCUT2D eigenvalue weighted by Gasteiger charge is -2.40. The quantitative estimate of drug-likeness (QED) is 0.354. The number of carbonyl (C=O) groups is 1. The predicted octanol–water partition coefficient (Wildman–Crippen LogP) is 3.60. The maximum absolute atomic E-state index is 13.1. The van der Waals surface area contributed by atoms with Gasteiger partial charge in [0.15, 0.2) is 15.5 Å². The van der Waals surface area contributed by atoms with Gasteiger partial charge in [-0.15, -0.1) is 0 Å². The average Bonchev–Trinajstić information content (AvgIpc) is 3.49. The highest BCUT2D eigenvalue weighted by atomic mass is 32.2. The van der Waals surface area contributed by atoms with Crippen molar-refractivity contribution in [1.82, 2.24) is 24.5 Å². The fourth-order valence-corrected chi connectivity index (χ4v) is 7.31. The number of piperidine rings is 1. The van der Waals surface area contributed by atoms with Gasteiger partial charge in [-0.3, -0.25) is 9.78 Å². The first-order chi connectivity index (χ1) is 19.8. The van der Waals surface area contributed by atoms with E-state index in [0.717, 1.165) is 22.4 Å². The molecule has 2 saturated heterocycles. The number of aliphatic hydroxyl groups is 1. The number of sulfone groups is 1. The van der Waals surface area contributed by atoms with E-state index in [1.54, 1.807) is 6.20 Å². The van der Waals surface area contributed by atoms with Gasteiger partial charge in [0.25, 0.3) is 5.91 Å². The summed E-state index contributed by atoms with van der Waals surface area (Å²) in [6.45, 7) is 0. The first kappa shape index (κ1) is 28.1. The Bertz CT molecular complexity index is 1760. The largest absolute Gasteiger partial charge is 0.423 e. The number of halogens is 3. The molecule has 10 nitrogen and oxygen atoms in total. The number of carbonyl (C=O) groups excluding carboxylic acids is 1. The van der Waals surface area contributed by atoms with Crippen molar-refractivity contribution in [2.45, 2.75) is 60.9 Å². The molecule has 42 heavy (non-hydrogen) atoms. The van der Waals surface area contributed by atoms with Gasteiger partial charge in [-0.25, -0.2) is 13.4 Å². The van der Waals surface area contributed by atoms with Crippen LogP contribution < -0.4 is 5.73 Å². The van der Waals surface area contributed by atoms with Crippen LogP contribution in [0.25, 0.3) is 28.0 Å². The monoisotopic (exact) mass is 600 g/mol. The molecule has 6 rings (SSSR count). The molecule has 2 bridgehead atoms. The molecule has 4 atom stereocenters. The van der Waals surface area contributed by atoms with Gasteiger partial charge in [0, 0.05) is 47.1 Å². The van der Waals surface area contributed by atoms with Crippen molar-refractivity contribution in [1.29, 1.82) is 0 Å². The second-order valence-corrected chi connectivity index (χ2v) is 12.8. The second kappa shape index (κ2) is 10.1. The van der Waals surface area contributed by atoms with Crippen LogP contribution in [0.15, 0.2) is 59.8 Å². The number of hydrogen-bond donors (Lipinski definition) is 2. The Hall–Kier alpha value is -4.04. The fraction of sp³-hybridized carbons (Fsp3) is 0.357. The zero-order valence-corrected chi connectivity index (χ0v) is 23.2. The van der Waals surface area contributed by atoms with E-state index in [2.05, 4.69) is 10.1 Å². The van der Waals surface area contributed by atoms with Crippen LogP contribution in [0.1, 0.15) is 37.3 Å². The zero-order chi connectivity index (χ0) is 30.0. The van der Waals surface area contributed by atoms with Crippen molar-refractivity contribution in [3.63, 3.8) is 0 Å². The molecular weight excluding hydrogens is 573 g/mol. The molecule has 1 amide bonds. The van der Waals surface area contributed by atoms with Crippen molar-refractivity contribution < 1.29 is 31.5 Å². The summed E-state index contributed by atoms with van der Waals surface area (Å²) >= 11 is 0. The third-order valence-electron chi connectivity index (χ3n) is 8.10. The summed E-state index contributed by atoms with van der Waals surface area (Å²) < 4.78 is 66.5. The SMILES string of the molecule is CS(=O)(=O)c1c(C2CC3CC[C@@H](C2)N3C(=O)C(O)C(F)(F)F)nc2c(-c3ccc(-c4ccccc4)nc3)cnn2c1N. The molecule has 14 heteroatoms. The summed E-state index contributed by atoms with van der Waals surface area (Å²) in [6.07, 6.45) is -2.77. The Labute approximate surface area is 238 Å². The van der Waals surface area contributed by atoms with Crippen LogP contribution in [0, 0.1) is 0 Å². The number of alkyl halides is 3. The van der Waals surface area contributed by atoms with Gasteiger partial charge < -0.3 is 15.7 Å². The number of benzene rings is 1. The number of rotatable bonds is 5. The number of nitrogens with zero attached hydrogens (tertiary/aromatic N) is 5. The zero-order valence-electron chi connectivity index (χ0n) is 22.4. The molecule has 0 saturated carbocycles. The van der Waals surface area contributed by atoms with Crippen molar-refractivity contribution in [3.8, 4) is 22.4 Å². The van der Waals surface area contributed by atoms with Crippen molar-refractivity contribution in [2.24, 2.45) is 0 Å². The number of pyridine rings is 1. The first-order valence-electron chi connectivity index (χ1n) is 13.3. The van der Waals surface area contributed by atoms with Crippen LogP contribution in [-0.2, 0) is 14.6 Å². The maximum atomic E-state index is 13.1. The van der Waals surface area contributed by atoms with Crippen LogP contribution in [0.3, 0.4) is 0 Å². The molecule has 0 spiro atoms. The Morgan fingerprint density at radius 3 is 2.29 bits per heavy atom. The van der Waals surface area contributed by atoms with E-state index in [4.69, 9.17) is 10.7 Å². The van der Waals surface area contributed by atoms with Gasteiger partial charge in [0.05, 0.1) is 17.6 Å². The van der Waals surface area contributed by atoms with E-state index in [0.29, 0.717) is 29.6 Å². The lowest BCUT2D eigenvalue weighted by molar-refractivity contribution is -0.212. The molecule has 5 heterocycles. The minimum atomic E-state index is -5.08. The van der Waals surface area contributed by atoms with E-state index in [1.165, 1.54) is 10.7 Å². The molecule has 3 unspecified atom stereocenters. The third kappa shape index (κ3) is 4.77. The Kier molecular flexibility index (Phi) is 6.72. The summed E-state index contributed by atoms with van der Waals surface area (Å²) in [5.41, 5.74) is 9.84.